The van der Waals surface area contributed by atoms with Crippen LogP contribution in [-0.2, 0) is 0 Å². The first-order chi connectivity index (χ1) is 9.61. The van der Waals surface area contributed by atoms with Crippen LogP contribution in [0.15, 0.2) is 12.1 Å². The zero-order chi connectivity index (χ0) is 14.5. The molecule has 0 spiro atoms. The van der Waals surface area contributed by atoms with Crippen molar-refractivity contribution in [3.8, 4) is 0 Å². The van der Waals surface area contributed by atoms with Gasteiger partial charge in [-0.3, -0.25) is 10.1 Å². The van der Waals surface area contributed by atoms with E-state index in [1.165, 1.54) is 6.07 Å². The first-order valence-corrected chi connectivity index (χ1v) is 6.87. The molecule has 7 nitrogen and oxygen atoms in total. The highest BCUT2D eigenvalue weighted by Gasteiger charge is 2.24. The Morgan fingerprint density at radius 2 is 2.20 bits per heavy atom. The van der Waals surface area contributed by atoms with E-state index in [9.17, 15) is 15.2 Å². The third-order valence-corrected chi connectivity index (χ3v) is 3.73. The van der Waals surface area contributed by atoms with Crippen molar-refractivity contribution in [2.45, 2.75) is 31.8 Å². The van der Waals surface area contributed by atoms with Crippen LogP contribution in [-0.4, -0.2) is 34.7 Å². The van der Waals surface area contributed by atoms with E-state index in [-0.39, 0.29) is 23.5 Å². The van der Waals surface area contributed by atoms with Crippen molar-refractivity contribution in [2.75, 3.05) is 24.2 Å². The number of nitrogens with one attached hydrogen (secondary N) is 2. The quantitative estimate of drug-likeness (QED) is 0.563. The highest BCUT2D eigenvalue weighted by molar-refractivity contribution is 5.60. The minimum absolute atomic E-state index is 0.0469. The molecule has 2 rings (SSSR count). The van der Waals surface area contributed by atoms with Gasteiger partial charge in [-0.2, -0.15) is 0 Å². The highest BCUT2D eigenvalue weighted by Crippen LogP contribution is 2.27. The van der Waals surface area contributed by atoms with Crippen LogP contribution in [0, 0.1) is 16.0 Å². The number of aliphatic hydroxyl groups is 1. The lowest BCUT2D eigenvalue weighted by molar-refractivity contribution is -0.384. The average Bonchev–Trinajstić information content (AvgIpc) is 2.46. The maximum Gasteiger partial charge on any atom is 0.311 e. The van der Waals surface area contributed by atoms with Crippen molar-refractivity contribution in [2.24, 2.45) is 5.92 Å². The molecule has 110 valence electrons. The van der Waals surface area contributed by atoms with E-state index in [1.807, 2.05) is 0 Å². The molecule has 0 radical (unpaired) electrons. The van der Waals surface area contributed by atoms with Crippen LogP contribution in [0.2, 0.25) is 0 Å². The zero-order valence-corrected chi connectivity index (χ0v) is 11.5. The Bertz CT molecular complexity index is 481. The largest absolute Gasteiger partial charge is 0.393 e. The Labute approximate surface area is 117 Å². The first-order valence-electron chi connectivity index (χ1n) is 6.87. The summed E-state index contributed by atoms with van der Waals surface area (Å²) in [4.78, 5) is 14.7. The topological polar surface area (TPSA) is 100 Å². The van der Waals surface area contributed by atoms with Crippen molar-refractivity contribution in [1.82, 2.24) is 4.98 Å². The first kappa shape index (κ1) is 14.5. The lowest BCUT2D eigenvalue weighted by atomic mass is 9.86. The minimum atomic E-state index is -0.452. The van der Waals surface area contributed by atoms with Gasteiger partial charge in [0.2, 0.25) is 5.82 Å². The Balaban J connectivity index is 2.08. The molecule has 1 saturated carbocycles. The van der Waals surface area contributed by atoms with Gasteiger partial charge >= 0.3 is 5.69 Å². The van der Waals surface area contributed by atoms with Crippen molar-refractivity contribution in [3.63, 3.8) is 0 Å². The van der Waals surface area contributed by atoms with E-state index in [4.69, 9.17) is 0 Å². The van der Waals surface area contributed by atoms with Crippen LogP contribution in [0.4, 0.5) is 17.3 Å². The summed E-state index contributed by atoms with van der Waals surface area (Å²) < 4.78 is 0. The molecule has 3 N–H and O–H groups in total. The number of nitrogens with zero attached hydrogens (tertiary/aromatic N) is 2. The van der Waals surface area contributed by atoms with Crippen molar-refractivity contribution in [1.29, 1.82) is 0 Å². The predicted molar refractivity (Wildman–Crippen MR) is 76.9 cm³/mol. The van der Waals surface area contributed by atoms with Crippen molar-refractivity contribution < 1.29 is 10.0 Å². The van der Waals surface area contributed by atoms with Crippen LogP contribution in [0.1, 0.15) is 25.7 Å². The normalized spacial score (nSPS) is 22.3. The Morgan fingerprint density at radius 1 is 1.45 bits per heavy atom. The number of hydrogen-bond acceptors (Lipinski definition) is 6. The maximum absolute atomic E-state index is 11.0. The van der Waals surface area contributed by atoms with E-state index >= 15 is 0 Å². The average molecular weight is 280 g/mol. The molecule has 2 atom stereocenters. The van der Waals surface area contributed by atoms with E-state index in [1.54, 1.807) is 13.1 Å². The number of nitro groups is 1. The number of pyridine rings is 1. The summed E-state index contributed by atoms with van der Waals surface area (Å²) in [5.41, 5.74) is -0.0469. The second-order valence-corrected chi connectivity index (χ2v) is 5.06. The smallest absolute Gasteiger partial charge is 0.311 e. The minimum Gasteiger partial charge on any atom is -0.393 e. The fraction of sp³-hybridized carbons (Fsp3) is 0.615. The Morgan fingerprint density at radius 3 is 2.85 bits per heavy atom. The van der Waals surface area contributed by atoms with Gasteiger partial charge in [0.15, 0.2) is 0 Å². The van der Waals surface area contributed by atoms with Crippen LogP contribution < -0.4 is 10.6 Å². The summed E-state index contributed by atoms with van der Waals surface area (Å²) in [5.74, 6) is 0.949. The second-order valence-electron chi connectivity index (χ2n) is 5.06. The summed E-state index contributed by atoms with van der Waals surface area (Å²) in [6.07, 6.45) is 3.55. The predicted octanol–water partition coefficient (Wildman–Crippen LogP) is 1.99. The second kappa shape index (κ2) is 6.51. The standard InChI is InChI=1S/C13H20N4O3/c1-14-12-7-6-10(17(19)20)13(16-12)15-8-9-4-2-3-5-11(9)18/h6-7,9,11,18H,2-5,8H2,1H3,(H2,14,15,16). The van der Waals surface area contributed by atoms with Crippen molar-refractivity contribution in [3.05, 3.63) is 22.2 Å². The van der Waals surface area contributed by atoms with Gasteiger partial charge in [-0.25, -0.2) is 4.98 Å². The number of aromatic nitrogens is 1. The number of rotatable bonds is 5. The van der Waals surface area contributed by atoms with E-state index in [0.717, 1.165) is 25.7 Å². The van der Waals surface area contributed by atoms with Gasteiger partial charge in [-0.05, 0) is 18.9 Å². The Kier molecular flexibility index (Phi) is 4.73. The molecule has 0 saturated heterocycles. The molecule has 1 heterocycles. The molecule has 20 heavy (non-hydrogen) atoms. The number of aliphatic hydroxyl groups excluding tert-OH is 1. The molecule has 1 aliphatic rings. The molecule has 1 fully saturated rings. The molecule has 0 bridgehead atoms. The summed E-state index contributed by atoms with van der Waals surface area (Å²) in [7, 11) is 1.71. The molecule has 2 unspecified atom stereocenters. The summed E-state index contributed by atoms with van der Waals surface area (Å²) in [6.45, 7) is 0.502. The third-order valence-electron chi connectivity index (χ3n) is 3.73. The van der Waals surface area contributed by atoms with Crippen LogP contribution >= 0.6 is 0 Å². The van der Waals surface area contributed by atoms with Crippen LogP contribution in [0.3, 0.4) is 0 Å². The molecule has 0 aromatic carbocycles. The molecule has 1 aliphatic carbocycles. The summed E-state index contributed by atoms with van der Waals surface area (Å²) in [5, 5.41) is 26.8. The third kappa shape index (κ3) is 3.36. The van der Waals surface area contributed by atoms with Gasteiger partial charge in [0.05, 0.1) is 11.0 Å². The fourth-order valence-electron chi connectivity index (χ4n) is 2.52. The van der Waals surface area contributed by atoms with Gasteiger partial charge < -0.3 is 15.7 Å². The monoisotopic (exact) mass is 280 g/mol. The summed E-state index contributed by atoms with van der Waals surface area (Å²) in [6, 6.07) is 3.00. The van der Waals surface area contributed by atoms with Gasteiger partial charge in [0.25, 0.3) is 0 Å². The molecular formula is C13H20N4O3. The number of anilines is 2. The Hall–Kier alpha value is -1.89. The van der Waals surface area contributed by atoms with E-state index < -0.39 is 4.92 Å². The van der Waals surface area contributed by atoms with Gasteiger partial charge in [-0.1, -0.05) is 12.8 Å². The highest BCUT2D eigenvalue weighted by atomic mass is 16.6. The molecule has 1 aromatic rings. The maximum atomic E-state index is 11.0. The lowest BCUT2D eigenvalue weighted by Gasteiger charge is -2.27. The van der Waals surface area contributed by atoms with Crippen molar-refractivity contribution >= 4 is 17.3 Å². The molecule has 1 aromatic heterocycles. The molecule has 0 aliphatic heterocycles. The number of hydrogen-bond donors (Lipinski definition) is 3. The van der Waals surface area contributed by atoms with Gasteiger partial charge in [0, 0.05) is 25.6 Å². The summed E-state index contributed by atoms with van der Waals surface area (Å²) >= 11 is 0. The zero-order valence-electron chi connectivity index (χ0n) is 11.5. The molecule has 7 heteroatoms. The van der Waals surface area contributed by atoms with Crippen LogP contribution in [0.5, 0.6) is 0 Å². The van der Waals surface area contributed by atoms with E-state index in [2.05, 4.69) is 15.6 Å². The van der Waals surface area contributed by atoms with Gasteiger partial charge in [0.1, 0.15) is 5.82 Å². The van der Waals surface area contributed by atoms with E-state index in [0.29, 0.717) is 12.4 Å². The lowest BCUT2D eigenvalue weighted by Crippen LogP contribution is -2.30. The SMILES string of the molecule is CNc1ccc([N+](=O)[O-])c(NCC2CCCCC2O)n1. The van der Waals surface area contributed by atoms with Crippen LogP contribution in [0.25, 0.3) is 0 Å². The van der Waals surface area contributed by atoms with Gasteiger partial charge in [-0.15, -0.1) is 0 Å². The molecular weight excluding hydrogens is 260 g/mol. The molecule has 0 amide bonds. The fourth-order valence-corrected chi connectivity index (χ4v) is 2.52.